The van der Waals surface area contributed by atoms with Crippen LogP contribution in [0.1, 0.15) is 4.88 Å². The van der Waals surface area contributed by atoms with E-state index in [1.54, 1.807) is 11.3 Å². The van der Waals surface area contributed by atoms with Crippen molar-refractivity contribution in [1.29, 1.82) is 0 Å². The Morgan fingerprint density at radius 2 is 2.38 bits per heavy atom. The topological polar surface area (TPSA) is 55.1 Å². The lowest BCUT2D eigenvalue weighted by atomic mass is 10.3. The molecule has 1 rings (SSSR count). The number of carbonyl (C=O) groups excluding carboxylic acids is 1. The molecule has 1 aromatic rings. The number of halogens is 1. The third-order valence-electron chi connectivity index (χ3n) is 1.48. The summed E-state index contributed by atoms with van der Waals surface area (Å²) in [4.78, 5) is 11.6. The molecule has 0 saturated carbocycles. The van der Waals surface area contributed by atoms with E-state index in [2.05, 4.69) is 5.32 Å². The van der Waals surface area contributed by atoms with E-state index in [4.69, 9.17) is 17.3 Å². The fraction of sp³-hybridized carbons (Fsp3) is 0.375. The molecule has 0 atom stereocenters. The first-order valence-corrected chi connectivity index (χ1v) is 5.11. The van der Waals surface area contributed by atoms with Crippen LogP contribution in [0.2, 0.25) is 4.34 Å². The SMILES string of the molecule is NC(=O)CNCCc1ccc(Cl)s1. The van der Waals surface area contributed by atoms with Crippen LogP contribution in [0.15, 0.2) is 12.1 Å². The maximum atomic E-state index is 10.4. The number of nitrogens with one attached hydrogen (secondary N) is 1. The van der Waals surface area contributed by atoms with E-state index in [0.29, 0.717) is 0 Å². The molecule has 1 amide bonds. The van der Waals surface area contributed by atoms with Gasteiger partial charge in [0.1, 0.15) is 0 Å². The Bertz CT molecular complexity index is 287. The highest BCUT2D eigenvalue weighted by molar-refractivity contribution is 7.16. The van der Waals surface area contributed by atoms with Gasteiger partial charge in [0.05, 0.1) is 10.9 Å². The number of rotatable bonds is 5. The van der Waals surface area contributed by atoms with Gasteiger partial charge in [-0.2, -0.15) is 0 Å². The first-order valence-electron chi connectivity index (χ1n) is 3.91. The van der Waals surface area contributed by atoms with Crippen molar-refractivity contribution in [3.05, 3.63) is 21.3 Å². The van der Waals surface area contributed by atoms with Crippen molar-refractivity contribution in [1.82, 2.24) is 5.32 Å². The minimum atomic E-state index is -0.329. The van der Waals surface area contributed by atoms with E-state index in [0.717, 1.165) is 17.3 Å². The van der Waals surface area contributed by atoms with E-state index in [-0.39, 0.29) is 12.5 Å². The fourth-order valence-electron chi connectivity index (χ4n) is 0.909. The van der Waals surface area contributed by atoms with Crippen LogP contribution in [-0.2, 0) is 11.2 Å². The van der Waals surface area contributed by atoms with E-state index < -0.39 is 0 Å². The minimum absolute atomic E-state index is 0.235. The molecular weight excluding hydrogens is 208 g/mol. The fourth-order valence-corrected chi connectivity index (χ4v) is 2.00. The van der Waals surface area contributed by atoms with Gasteiger partial charge in [0.15, 0.2) is 0 Å². The van der Waals surface area contributed by atoms with Crippen molar-refractivity contribution in [2.75, 3.05) is 13.1 Å². The normalized spacial score (nSPS) is 10.2. The first-order chi connectivity index (χ1) is 6.18. The van der Waals surface area contributed by atoms with E-state index in [1.165, 1.54) is 4.88 Å². The Balaban J connectivity index is 2.16. The molecule has 0 aromatic carbocycles. The standard InChI is InChI=1S/C8H11ClN2OS/c9-7-2-1-6(13-7)3-4-11-5-8(10)12/h1-2,11H,3-5H2,(H2,10,12). The third-order valence-corrected chi connectivity index (χ3v) is 2.77. The predicted octanol–water partition coefficient (Wildman–Crippen LogP) is 1.02. The highest BCUT2D eigenvalue weighted by Crippen LogP contribution is 2.21. The highest BCUT2D eigenvalue weighted by Gasteiger charge is 1.98. The number of carbonyl (C=O) groups is 1. The van der Waals surface area contributed by atoms with Crippen LogP contribution in [0.5, 0.6) is 0 Å². The largest absolute Gasteiger partial charge is 0.369 e. The molecule has 0 bridgehead atoms. The zero-order chi connectivity index (χ0) is 9.68. The monoisotopic (exact) mass is 218 g/mol. The number of hydrogen-bond donors (Lipinski definition) is 2. The summed E-state index contributed by atoms with van der Waals surface area (Å²) in [5.41, 5.74) is 4.96. The average molecular weight is 219 g/mol. The van der Waals surface area contributed by atoms with Gasteiger partial charge in [-0.1, -0.05) is 11.6 Å². The van der Waals surface area contributed by atoms with Crippen molar-refractivity contribution in [3.63, 3.8) is 0 Å². The lowest BCUT2D eigenvalue weighted by Gasteiger charge is -1.99. The molecule has 13 heavy (non-hydrogen) atoms. The van der Waals surface area contributed by atoms with Crippen molar-refractivity contribution in [3.8, 4) is 0 Å². The Morgan fingerprint density at radius 1 is 1.62 bits per heavy atom. The molecule has 0 aliphatic rings. The summed E-state index contributed by atoms with van der Waals surface area (Å²) < 4.78 is 0.796. The Kier molecular flexibility index (Phi) is 4.21. The van der Waals surface area contributed by atoms with Gasteiger partial charge in [-0.05, 0) is 18.6 Å². The molecule has 0 saturated heterocycles. The van der Waals surface area contributed by atoms with Crippen LogP contribution in [0.3, 0.4) is 0 Å². The summed E-state index contributed by atoms with van der Waals surface area (Å²) in [6, 6.07) is 3.86. The Hall–Kier alpha value is -0.580. The van der Waals surface area contributed by atoms with Crippen LogP contribution in [0.4, 0.5) is 0 Å². The summed E-state index contributed by atoms with van der Waals surface area (Å²) in [6.45, 7) is 0.985. The molecule has 1 aromatic heterocycles. The van der Waals surface area contributed by atoms with Gasteiger partial charge in [-0.25, -0.2) is 0 Å². The van der Waals surface area contributed by atoms with E-state index in [1.807, 2.05) is 12.1 Å². The van der Waals surface area contributed by atoms with Gasteiger partial charge in [-0.3, -0.25) is 4.79 Å². The molecule has 0 radical (unpaired) electrons. The van der Waals surface area contributed by atoms with E-state index in [9.17, 15) is 4.79 Å². The van der Waals surface area contributed by atoms with Crippen molar-refractivity contribution < 1.29 is 4.79 Å². The number of thiophene rings is 1. The van der Waals surface area contributed by atoms with Gasteiger partial charge >= 0.3 is 0 Å². The number of hydrogen-bond acceptors (Lipinski definition) is 3. The number of primary amides is 1. The van der Waals surface area contributed by atoms with Gasteiger partial charge < -0.3 is 11.1 Å². The highest BCUT2D eigenvalue weighted by atomic mass is 35.5. The Morgan fingerprint density at radius 3 is 2.92 bits per heavy atom. The second-order valence-electron chi connectivity index (χ2n) is 2.60. The van der Waals surface area contributed by atoms with Crippen LogP contribution >= 0.6 is 22.9 Å². The number of amides is 1. The van der Waals surface area contributed by atoms with Crippen LogP contribution in [0, 0.1) is 0 Å². The van der Waals surface area contributed by atoms with Gasteiger partial charge in [0, 0.05) is 11.4 Å². The molecule has 3 nitrogen and oxygen atoms in total. The second kappa shape index (κ2) is 5.21. The predicted molar refractivity (Wildman–Crippen MR) is 55.1 cm³/mol. The maximum absolute atomic E-state index is 10.4. The quantitative estimate of drug-likeness (QED) is 0.726. The summed E-state index contributed by atoms with van der Waals surface area (Å²) in [6.07, 6.45) is 0.880. The summed E-state index contributed by atoms with van der Waals surface area (Å²) >= 11 is 7.30. The molecule has 72 valence electrons. The van der Waals surface area contributed by atoms with Crippen LogP contribution in [0.25, 0.3) is 0 Å². The smallest absolute Gasteiger partial charge is 0.231 e. The lowest BCUT2D eigenvalue weighted by molar-refractivity contribution is -0.117. The molecule has 0 aliphatic heterocycles. The first kappa shape index (κ1) is 10.5. The van der Waals surface area contributed by atoms with Crippen LogP contribution in [-0.4, -0.2) is 19.0 Å². The molecule has 0 aliphatic carbocycles. The molecule has 3 N–H and O–H groups in total. The van der Waals surface area contributed by atoms with Gasteiger partial charge in [0.2, 0.25) is 5.91 Å². The van der Waals surface area contributed by atoms with Crippen molar-refractivity contribution in [2.24, 2.45) is 5.73 Å². The summed E-state index contributed by atoms with van der Waals surface area (Å²) in [5, 5.41) is 2.93. The van der Waals surface area contributed by atoms with Crippen molar-refractivity contribution >= 4 is 28.8 Å². The summed E-state index contributed by atoms with van der Waals surface area (Å²) in [5.74, 6) is -0.329. The molecule has 0 fully saturated rings. The molecule has 1 heterocycles. The van der Waals surface area contributed by atoms with Crippen molar-refractivity contribution in [2.45, 2.75) is 6.42 Å². The zero-order valence-corrected chi connectivity index (χ0v) is 8.62. The maximum Gasteiger partial charge on any atom is 0.231 e. The summed E-state index contributed by atoms with van der Waals surface area (Å²) in [7, 11) is 0. The van der Waals surface area contributed by atoms with E-state index >= 15 is 0 Å². The Labute approximate surface area is 85.9 Å². The average Bonchev–Trinajstić information content (AvgIpc) is 2.45. The number of nitrogens with two attached hydrogens (primary N) is 1. The van der Waals surface area contributed by atoms with Gasteiger partial charge in [-0.15, -0.1) is 11.3 Å². The zero-order valence-electron chi connectivity index (χ0n) is 7.05. The van der Waals surface area contributed by atoms with Crippen LogP contribution < -0.4 is 11.1 Å². The molecule has 0 spiro atoms. The second-order valence-corrected chi connectivity index (χ2v) is 4.40. The van der Waals surface area contributed by atoms with Gasteiger partial charge in [0.25, 0.3) is 0 Å². The molecule has 5 heteroatoms. The molecular formula is C8H11ClN2OS. The molecule has 0 unspecified atom stereocenters. The lowest BCUT2D eigenvalue weighted by Crippen LogP contribution is -2.29. The third kappa shape index (κ3) is 4.26. The minimum Gasteiger partial charge on any atom is -0.369 e.